The Labute approximate surface area is 199 Å². The van der Waals surface area contributed by atoms with Gasteiger partial charge in [0.2, 0.25) is 5.13 Å². The summed E-state index contributed by atoms with van der Waals surface area (Å²) >= 11 is 15.7. The molecule has 0 aliphatic carbocycles. The topological polar surface area (TPSA) is 30.7 Å². The zero-order chi connectivity index (χ0) is 22.3. The van der Waals surface area contributed by atoms with Gasteiger partial charge in [0.25, 0.3) is 0 Å². The van der Waals surface area contributed by atoms with Crippen LogP contribution in [0.2, 0.25) is 10.0 Å². The maximum absolute atomic E-state index is 13.9. The monoisotopic (exact) mass is 491 g/mol. The summed E-state index contributed by atoms with van der Waals surface area (Å²) in [6.07, 6.45) is 1.91. The van der Waals surface area contributed by atoms with Crippen LogP contribution in [0.3, 0.4) is 0 Å². The summed E-state index contributed by atoms with van der Waals surface area (Å²) in [5.74, 6) is -0.256. The Balaban J connectivity index is 1.80. The molecule has 0 fully saturated rings. The number of nitrogens with zero attached hydrogens (tertiary/aromatic N) is 3. The largest absolute Gasteiger partial charge is 0.217 e. The number of halogens is 3. The Bertz CT molecular complexity index is 1240. The number of thioether (sulfide) groups is 1. The van der Waals surface area contributed by atoms with Gasteiger partial charge in [0.1, 0.15) is 5.82 Å². The molecular weight excluding hydrogens is 472 g/mol. The highest BCUT2D eigenvalue weighted by atomic mass is 35.5. The molecule has 3 nitrogen and oxygen atoms in total. The SMILES string of the molecule is Cc1cc(F)cc(-c2cn(-c3nc(-c4ccc(Cl)c(Cl)c4)c(SC(C)C)s3)nc2C)c1. The molecule has 0 unspecified atom stereocenters. The molecule has 0 atom stereocenters. The average Bonchev–Trinajstić information content (AvgIpc) is 3.26. The van der Waals surface area contributed by atoms with E-state index in [-0.39, 0.29) is 5.82 Å². The molecule has 2 aromatic carbocycles. The van der Waals surface area contributed by atoms with E-state index in [2.05, 4.69) is 18.9 Å². The van der Waals surface area contributed by atoms with Gasteiger partial charge in [0.15, 0.2) is 0 Å². The van der Waals surface area contributed by atoms with Gasteiger partial charge in [-0.2, -0.15) is 5.10 Å². The zero-order valence-corrected chi connectivity index (χ0v) is 20.6. The second-order valence-corrected chi connectivity index (χ2v) is 11.2. The standard InChI is InChI=1S/C23H20Cl2FN3S2/c1-12(2)30-22-21(15-5-6-19(24)20(25)10-15)27-23(31-22)29-11-18(14(4)28-29)16-7-13(3)8-17(26)9-16/h5-12H,1-4H3. The first-order valence-corrected chi connectivity index (χ1v) is 12.1. The molecule has 4 aromatic rings. The summed E-state index contributed by atoms with van der Waals surface area (Å²) in [4.78, 5) is 4.88. The lowest BCUT2D eigenvalue weighted by atomic mass is 10.0. The molecular formula is C23H20Cl2FN3S2. The van der Waals surface area contributed by atoms with Crippen molar-refractivity contribution >= 4 is 46.3 Å². The molecule has 0 spiro atoms. The van der Waals surface area contributed by atoms with Crippen LogP contribution >= 0.6 is 46.3 Å². The van der Waals surface area contributed by atoms with E-state index in [0.717, 1.165) is 43.0 Å². The molecule has 2 aromatic heterocycles. The van der Waals surface area contributed by atoms with Gasteiger partial charge in [-0.05, 0) is 49.2 Å². The van der Waals surface area contributed by atoms with E-state index >= 15 is 0 Å². The third-order valence-electron chi connectivity index (χ3n) is 4.57. The summed E-state index contributed by atoms with van der Waals surface area (Å²) < 4.78 is 16.8. The molecule has 0 radical (unpaired) electrons. The first-order chi connectivity index (χ1) is 14.7. The van der Waals surface area contributed by atoms with Crippen molar-refractivity contribution in [3.8, 4) is 27.5 Å². The lowest BCUT2D eigenvalue weighted by Crippen LogP contribution is -1.94. The van der Waals surface area contributed by atoms with E-state index in [4.69, 9.17) is 28.2 Å². The van der Waals surface area contributed by atoms with E-state index in [9.17, 15) is 4.39 Å². The first kappa shape index (κ1) is 22.3. The Morgan fingerprint density at radius 3 is 2.48 bits per heavy atom. The van der Waals surface area contributed by atoms with Crippen LogP contribution in [0.1, 0.15) is 25.1 Å². The molecule has 4 rings (SSSR count). The Morgan fingerprint density at radius 2 is 1.81 bits per heavy atom. The van der Waals surface area contributed by atoms with Crippen molar-refractivity contribution in [1.29, 1.82) is 0 Å². The van der Waals surface area contributed by atoms with Gasteiger partial charge in [-0.3, -0.25) is 0 Å². The summed E-state index contributed by atoms with van der Waals surface area (Å²) in [6, 6.07) is 10.5. The van der Waals surface area contributed by atoms with Crippen molar-refractivity contribution in [3.05, 3.63) is 69.7 Å². The van der Waals surface area contributed by atoms with Crippen molar-refractivity contribution in [3.63, 3.8) is 0 Å². The van der Waals surface area contributed by atoms with Gasteiger partial charge in [-0.25, -0.2) is 14.1 Å². The molecule has 2 heterocycles. The van der Waals surface area contributed by atoms with Crippen molar-refractivity contribution in [2.24, 2.45) is 0 Å². The molecule has 160 valence electrons. The first-order valence-electron chi connectivity index (χ1n) is 9.68. The summed E-state index contributed by atoms with van der Waals surface area (Å²) in [6.45, 7) is 8.09. The van der Waals surface area contributed by atoms with Crippen LogP contribution in [0.15, 0.2) is 46.8 Å². The fourth-order valence-corrected chi connectivity index (χ4v) is 5.99. The smallest absolute Gasteiger partial charge is 0.211 e. The predicted octanol–water partition coefficient (Wildman–Crippen LogP) is 8.23. The van der Waals surface area contributed by atoms with E-state index in [1.807, 2.05) is 38.2 Å². The van der Waals surface area contributed by atoms with E-state index in [1.54, 1.807) is 33.8 Å². The number of aryl methyl sites for hydroxylation is 2. The van der Waals surface area contributed by atoms with Gasteiger partial charge in [-0.15, -0.1) is 11.8 Å². The fourth-order valence-electron chi connectivity index (χ4n) is 3.25. The third kappa shape index (κ3) is 4.82. The lowest BCUT2D eigenvalue weighted by molar-refractivity contribution is 0.627. The Morgan fingerprint density at radius 1 is 1.03 bits per heavy atom. The van der Waals surface area contributed by atoms with Gasteiger partial charge in [-0.1, -0.05) is 60.5 Å². The minimum atomic E-state index is -0.256. The van der Waals surface area contributed by atoms with Crippen LogP contribution in [0, 0.1) is 19.7 Å². The van der Waals surface area contributed by atoms with Crippen molar-refractivity contribution in [2.75, 3.05) is 0 Å². The number of thiazole rings is 1. The van der Waals surface area contributed by atoms with Gasteiger partial charge >= 0.3 is 0 Å². The molecule has 0 amide bonds. The van der Waals surface area contributed by atoms with Crippen molar-refractivity contribution in [1.82, 2.24) is 14.8 Å². The Kier molecular flexibility index (Phi) is 6.44. The third-order valence-corrected chi connectivity index (χ3v) is 7.56. The van der Waals surface area contributed by atoms with Gasteiger partial charge < -0.3 is 0 Å². The highest BCUT2D eigenvalue weighted by Gasteiger charge is 2.19. The Hall–Kier alpha value is -1.86. The average molecular weight is 492 g/mol. The maximum Gasteiger partial charge on any atom is 0.211 e. The molecule has 0 saturated heterocycles. The van der Waals surface area contributed by atoms with E-state index < -0.39 is 0 Å². The molecule has 0 N–H and O–H groups in total. The number of hydrogen-bond donors (Lipinski definition) is 0. The van der Waals surface area contributed by atoms with Gasteiger partial charge in [0, 0.05) is 22.6 Å². The van der Waals surface area contributed by atoms with Crippen LogP contribution in [-0.2, 0) is 0 Å². The molecule has 0 aliphatic heterocycles. The molecule has 0 saturated carbocycles. The minimum Gasteiger partial charge on any atom is -0.217 e. The van der Waals surface area contributed by atoms with E-state index in [0.29, 0.717) is 15.3 Å². The summed E-state index contributed by atoms with van der Waals surface area (Å²) in [7, 11) is 0. The van der Waals surface area contributed by atoms with Crippen molar-refractivity contribution < 1.29 is 4.39 Å². The van der Waals surface area contributed by atoms with Crippen LogP contribution in [0.5, 0.6) is 0 Å². The van der Waals surface area contributed by atoms with Crippen LogP contribution in [-0.4, -0.2) is 20.0 Å². The second-order valence-electron chi connectivity index (χ2n) is 7.52. The van der Waals surface area contributed by atoms with Crippen LogP contribution in [0.4, 0.5) is 4.39 Å². The lowest BCUT2D eigenvalue weighted by Gasteiger charge is -2.05. The summed E-state index contributed by atoms with van der Waals surface area (Å²) in [5, 5.41) is 6.80. The molecule has 8 heteroatoms. The second kappa shape index (κ2) is 8.94. The minimum absolute atomic E-state index is 0.256. The molecule has 31 heavy (non-hydrogen) atoms. The van der Waals surface area contributed by atoms with Crippen LogP contribution < -0.4 is 0 Å². The molecule has 0 bridgehead atoms. The predicted molar refractivity (Wildman–Crippen MR) is 131 cm³/mol. The number of benzene rings is 2. The number of aromatic nitrogens is 3. The normalized spacial score (nSPS) is 11.5. The highest BCUT2D eigenvalue weighted by Crippen LogP contribution is 2.41. The van der Waals surface area contributed by atoms with Gasteiger partial charge in [0.05, 0.1) is 25.6 Å². The van der Waals surface area contributed by atoms with E-state index in [1.165, 1.54) is 12.1 Å². The van der Waals surface area contributed by atoms with Crippen LogP contribution in [0.25, 0.3) is 27.5 Å². The maximum atomic E-state index is 13.9. The number of hydrogen-bond acceptors (Lipinski definition) is 4. The highest BCUT2D eigenvalue weighted by molar-refractivity contribution is 8.01. The zero-order valence-electron chi connectivity index (χ0n) is 17.4. The fraction of sp³-hybridized carbons (Fsp3) is 0.217. The van der Waals surface area contributed by atoms with Crippen molar-refractivity contribution in [2.45, 2.75) is 37.2 Å². The molecule has 0 aliphatic rings. The number of rotatable bonds is 5. The summed E-state index contributed by atoms with van der Waals surface area (Å²) in [5.41, 5.74) is 5.13. The quantitative estimate of drug-likeness (QED) is 0.263.